The highest BCUT2D eigenvalue weighted by Crippen LogP contribution is 2.32. The summed E-state index contributed by atoms with van der Waals surface area (Å²) < 4.78 is 3.31. The van der Waals surface area contributed by atoms with E-state index in [-0.39, 0.29) is 10.8 Å². The lowest BCUT2D eigenvalue weighted by molar-refractivity contribution is 0.0732. The van der Waals surface area contributed by atoms with Gasteiger partial charge < -0.3 is 10.8 Å². The summed E-state index contributed by atoms with van der Waals surface area (Å²) in [6.45, 7) is 5.56. The Labute approximate surface area is 195 Å². The number of rotatable bonds is 5. The lowest BCUT2D eigenvalue weighted by atomic mass is 10.0. The molecule has 0 bridgehead atoms. The van der Waals surface area contributed by atoms with Crippen molar-refractivity contribution < 1.29 is 5.11 Å². The molecule has 0 unspecified atom stereocenters. The predicted molar refractivity (Wildman–Crippen MR) is 123 cm³/mol. The van der Waals surface area contributed by atoms with E-state index in [1.54, 1.807) is 48.6 Å². The summed E-state index contributed by atoms with van der Waals surface area (Å²) in [5.74, 6) is 0.451. The first-order valence-electron chi connectivity index (χ1n) is 10.1. The Kier molecular flexibility index (Phi) is 5.61. The number of aliphatic hydroxyl groups is 1. The molecule has 0 radical (unpaired) electrons. The lowest BCUT2D eigenvalue weighted by Crippen LogP contribution is -2.16. The van der Waals surface area contributed by atoms with Gasteiger partial charge in [0, 0.05) is 12.6 Å². The van der Waals surface area contributed by atoms with Gasteiger partial charge in [0.15, 0.2) is 5.82 Å². The first-order valence-corrected chi connectivity index (χ1v) is 10.5. The fourth-order valence-corrected chi connectivity index (χ4v) is 3.54. The van der Waals surface area contributed by atoms with Gasteiger partial charge in [0.05, 0.1) is 35.8 Å². The molecule has 0 fully saturated rings. The van der Waals surface area contributed by atoms with Gasteiger partial charge in [-0.1, -0.05) is 28.9 Å². The zero-order valence-electron chi connectivity index (χ0n) is 18.6. The Morgan fingerprint density at radius 1 is 1.27 bits per heavy atom. The van der Waals surface area contributed by atoms with E-state index >= 15 is 0 Å². The van der Waals surface area contributed by atoms with Crippen LogP contribution < -0.4 is 5.73 Å². The average Bonchev–Trinajstić information content (AvgIpc) is 3.37. The topological polar surface area (TPSA) is 144 Å². The predicted octanol–water partition coefficient (Wildman–Crippen LogP) is 2.83. The molecule has 0 aliphatic heterocycles. The smallest absolute Gasteiger partial charge is 0.162 e. The summed E-state index contributed by atoms with van der Waals surface area (Å²) >= 11 is 6.41. The molecule has 3 N–H and O–H groups in total. The standard InChI is InChI=1S/C22H22ClN9O/c1-12-13(9-24)6-5-7-15(12)21-26-19(18(23)20(25)27-21)16-11-32(30-28-16)10-14-8-17(22(2,3)33)29-31(14)4/h5-8,11,33H,10H2,1-4H3,(H2,25,26,27). The van der Waals surface area contributed by atoms with E-state index in [4.69, 9.17) is 17.3 Å². The Hall–Kier alpha value is -3.81. The van der Waals surface area contributed by atoms with Crippen molar-refractivity contribution in [2.45, 2.75) is 32.9 Å². The minimum absolute atomic E-state index is 0.106. The van der Waals surface area contributed by atoms with Crippen LogP contribution in [0.1, 0.15) is 36.4 Å². The molecular formula is C22H22ClN9O. The first-order chi connectivity index (χ1) is 15.6. The third-order valence-electron chi connectivity index (χ3n) is 5.28. The van der Waals surface area contributed by atoms with Crippen LogP contribution in [0.4, 0.5) is 5.82 Å². The zero-order valence-corrected chi connectivity index (χ0v) is 19.3. The van der Waals surface area contributed by atoms with Crippen molar-refractivity contribution in [2.24, 2.45) is 7.05 Å². The van der Waals surface area contributed by atoms with Gasteiger partial charge in [0.25, 0.3) is 0 Å². The van der Waals surface area contributed by atoms with Crippen LogP contribution in [0.2, 0.25) is 5.02 Å². The molecule has 33 heavy (non-hydrogen) atoms. The monoisotopic (exact) mass is 463 g/mol. The normalized spacial score (nSPS) is 11.5. The maximum absolute atomic E-state index is 10.2. The molecule has 0 saturated carbocycles. The zero-order chi connectivity index (χ0) is 23.9. The van der Waals surface area contributed by atoms with E-state index in [2.05, 4.69) is 31.4 Å². The number of nitrogens with zero attached hydrogens (tertiary/aromatic N) is 8. The summed E-state index contributed by atoms with van der Waals surface area (Å²) in [4.78, 5) is 8.90. The maximum Gasteiger partial charge on any atom is 0.162 e. The number of aromatic nitrogens is 7. The van der Waals surface area contributed by atoms with Crippen molar-refractivity contribution in [3.05, 3.63) is 58.0 Å². The fourth-order valence-electron chi connectivity index (χ4n) is 3.36. The summed E-state index contributed by atoms with van der Waals surface area (Å²) in [5.41, 5.74) is 9.14. The van der Waals surface area contributed by atoms with Gasteiger partial charge in [-0.2, -0.15) is 10.4 Å². The molecule has 0 aliphatic rings. The molecule has 3 heterocycles. The SMILES string of the molecule is Cc1c(C#N)cccc1-c1nc(N)c(Cl)c(-c2cn(Cc3cc(C(C)(C)O)nn3C)nn2)n1. The highest BCUT2D eigenvalue weighted by atomic mass is 35.5. The number of aryl methyl sites for hydroxylation is 1. The van der Waals surface area contributed by atoms with Crippen LogP contribution >= 0.6 is 11.6 Å². The van der Waals surface area contributed by atoms with E-state index in [0.29, 0.717) is 40.6 Å². The second kappa shape index (κ2) is 8.27. The van der Waals surface area contributed by atoms with E-state index in [9.17, 15) is 10.4 Å². The van der Waals surface area contributed by atoms with Gasteiger partial charge in [-0.25, -0.2) is 14.6 Å². The molecule has 0 aliphatic carbocycles. The van der Waals surface area contributed by atoms with Gasteiger partial charge in [-0.3, -0.25) is 4.68 Å². The number of nitrogens with two attached hydrogens (primary N) is 1. The Morgan fingerprint density at radius 3 is 2.70 bits per heavy atom. The Bertz CT molecular complexity index is 1390. The quantitative estimate of drug-likeness (QED) is 0.459. The molecule has 4 rings (SSSR count). The Balaban J connectivity index is 1.71. The second-order valence-corrected chi connectivity index (χ2v) is 8.57. The average molecular weight is 464 g/mol. The van der Waals surface area contributed by atoms with E-state index < -0.39 is 5.60 Å². The van der Waals surface area contributed by atoms with E-state index in [1.807, 2.05) is 19.1 Å². The van der Waals surface area contributed by atoms with Crippen LogP contribution in [0.5, 0.6) is 0 Å². The van der Waals surface area contributed by atoms with Gasteiger partial charge in [0.2, 0.25) is 0 Å². The summed E-state index contributed by atoms with van der Waals surface area (Å²) in [5, 5.41) is 32.5. The van der Waals surface area contributed by atoms with Gasteiger partial charge in [0.1, 0.15) is 27.8 Å². The van der Waals surface area contributed by atoms with Crippen molar-refractivity contribution in [2.75, 3.05) is 5.73 Å². The molecule has 11 heteroatoms. The molecule has 0 spiro atoms. The van der Waals surface area contributed by atoms with Crippen LogP contribution in [-0.4, -0.2) is 39.8 Å². The number of nitriles is 1. The third kappa shape index (κ3) is 4.28. The Morgan fingerprint density at radius 2 is 2.03 bits per heavy atom. The van der Waals surface area contributed by atoms with Crippen LogP contribution in [0.25, 0.3) is 22.8 Å². The minimum Gasteiger partial charge on any atom is -0.384 e. The number of nitrogen functional groups attached to an aromatic ring is 1. The molecule has 0 saturated heterocycles. The number of halogens is 1. The highest BCUT2D eigenvalue weighted by molar-refractivity contribution is 6.35. The first kappa shape index (κ1) is 22.4. The van der Waals surface area contributed by atoms with E-state index in [0.717, 1.165) is 11.3 Å². The highest BCUT2D eigenvalue weighted by Gasteiger charge is 2.22. The van der Waals surface area contributed by atoms with Crippen molar-refractivity contribution >= 4 is 17.4 Å². The van der Waals surface area contributed by atoms with Crippen LogP contribution in [0.15, 0.2) is 30.5 Å². The van der Waals surface area contributed by atoms with E-state index in [1.165, 1.54) is 0 Å². The fraction of sp³-hybridized carbons (Fsp3) is 0.273. The molecule has 3 aromatic heterocycles. The summed E-state index contributed by atoms with van der Waals surface area (Å²) in [7, 11) is 1.80. The molecule has 10 nitrogen and oxygen atoms in total. The second-order valence-electron chi connectivity index (χ2n) is 8.19. The molecular weight excluding hydrogens is 442 g/mol. The summed E-state index contributed by atoms with van der Waals surface area (Å²) in [6, 6.07) is 9.29. The van der Waals surface area contributed by atoms with Crippen LogP contribution in [0, 0.1) is 18.3 Å². The van der Waals surface area contributed by atoms with Crippen LogP contribution in [-0.2, 0) is 19.2 Å². The molecule has 4 aromatic rings. The van der Waals surface area contributed by atoms with Crippen LogP contribution in [0.3, 0.4) is 0 Å². The number of benzene rings is 1. The lowest BCUT2D eigenvalue weighted by Gasteiger charge is -2.12. The maximum atomic E-state index is 10.2. The van der Waals surface area contributed by atoms with Gasteiger partial charge >= 0.3 is 0 Å². The number of hydrogen-bond donors (Lipinski definition) is 2. The number of anilines is 1. The summed E-state index contributed by atoms with van der Waals surface area (Å²) in [6.07, 6.45) is 1.70. The minimum atomic E-state index is -1.05. The number of hydrogen-bond acceptors (Lipinski definition) is 8. The van der Waals surface area contributed by atoms with Crippen molar-refractivity contribution in [3.8, 4) is 28.8 Å². The molecule has 1 aromatic carbocycles. The van der Waals surface area contributed by atoms with Crippen molar-refractivity contribution in [1.82, 2.24) is 34.7 Å². The van der Waals surface area contributed by atoms with Crippen molar-refractivity contribution in [1.29, 1.82) is 5.26 Å². The molecule has 168 valence electrons. The van der Waals surface area contributed by atoms with Gasteiger partial charge in [-0.15, -0.1) is 5.10 Å². The molecule has 0 amide bonds. The van der Waals surface area contributed by atoms with Crippen molar-refractivity contribution in [3.63, 3.8) is 0 Å². The largest absolute Gasteiger partial charge is 0.384 e. The molecule has 0 atom stereocenters. The third-order valence-corrected chi connectivity index (χ3v) is 5.65. The van der Waals surface area contributed by atoms with Gasteiger partial charge in [-0.05, 0) is 38.5 Å².